The summed E-state index contributed by atoms with van der Waals surface area (Å²) >= 11 is 7.17. The normalized spacial score (nSPS) is 9.50. The van der Waals surface area contributed by atoms with Crippen molar-refractivity contribution in [2.24, 2.45) is 5.73 Å². The van der Waals surface area contributed by atoms with Crippen molar-refractivity contribution in [3.63, 3.8) is 0 Å². The van der Waals surface area contributed by atoms with E-state index < -0.39 is 6.03 Å². The first-order chi connectivity index (χ1) is 5.61. The summed E-state index contributed by atoms with van der Waals surface area (Å²) in [6.45, 7) is 0. The van der Waals surface area contributed by atoms with Crippen LogP contribution in [0.5, 0.6) is 0 Å². The first kappa shape index (κ1) is 9.41. The molecule has 0 atom stereocenters. The van der Waals surface area contributed by atoms with Crippen molar-refractivity contribution >= 4 is 40.5 Å². The van der Waals surface area contributed by atoms with Crippen LogP contribution in [0, 0.1) is 0 Å². The van der Waals surface area contributed by atoms with Gasteiger partial charge >= 0.3 is 6.03 Å². The lowest BCUT2D eigenvalue weighted by atomic mass is 10.3. The summed E-state index contributed by atoms with van der Waals surface area (Å²) in [5.41, 5.74) is 5.65. The van der Waals surface area contributed by atoms with Crippen LogP contribution in [-0.2, 0) is 0 Å². The second-order valence-corrected chi connectivity index (χ2v) is 3.45. The zero-order valence-corrected chi connectivity index (χ0v) is 8.55. The monoisotopic (exact) mass is 246 g/mol. The zero-order chi connectivity index (χ0) is 9.14. The van der Waals surface area contributed by atoms with E-state index in [9.17, 15) is 4.79 Å². The van der Waals surface area contributed by atoms with Crippen molar-refractivity contribution in [1.82, 2.24) is 0 Å². The van der Waals surface area contributed by atoms with Crippen LogP contribution in [0.25, 0.3) is 0 Å². The quantitative estimate of drug-likeness (QED) is 0.734. The zero-order valence-electron chi connectivity index (χ0n) is 6.07. The van der Waals surface area contributed by atoms with E-state index >= 15 is 0 Å². The fraction of sp³-hybridized carbons (Fsp3) is 0. The molecule has 5 heteroatoms. The molecule has 0 aliphatic carbocycles. The van der Waals surface area contributed by atoms with Crippen LogP contribution < -0.4 is 10.0 Å². The number of thiol groups is 1. The summed E-state index contributed by atoms with van der Waals surface area (Å²) in [5.74, 6) is 0. The molecule has 64 valence electrons. The molecular weight excluding hydrogens is 240 g/mol. The highest BCUT2D eigenvalue weighted by atomic mass is 79.9. The fourth-order valence-electron chi connectivity index (χ4n) is 0.735. The Bertz CT molecular complexity index is 305. The number of urea groups is 1. The number of carbonyl (C=O) groups is 1. The molecule has 3 nitrogen and oxygen atoms in total. The van der Waals surface area contributed by atoms with Crippen LogP contribution in [0.15, 0.2) is 28.7 Å². The van der Waals surface area contributed by atoms with E-state index in [2.05, 4.69) is 28.7 Å². The van der Waals surface area contributed by atoms with E-state index in [1.165, 1.54) is 0 Å². The van der Waals surface area contributed by atoms with Gasteiger partial charge < -0.3 is 5.73 Å². The minimum atomic E-state index is -0.601. The van der Waals surface area contributed by atoms with Gasteiger partial charge in [0.25, 0.3) is 0 Å². The Morgan fingerprint density at radius 1 is 1.58 bits per heavy atom. The summed E-state index contributed by atoms with van der Waals surface area (Å²) in [6.07, 6.45) is 0. The number of benzene rings is 1. The molecule has 0 spiro atoms. The standard InChI is InChI=1S/C7H7BrN2OS/c8-5-2-1-3-6(4-5)10(12)7(9)11/h1-4,12H,(H2,9,11). The lowest BCUT2D eigenvalue weighted by Gasteiger charge is -2.11. The topological polar surface area (TPSA) is 46.3 Å². The minimum absolute atomic E-state index is 0.601. The Morgan fingerprint density at radius 2 is 2.25 bits per heavy atom. The molecule has 0 saturated carbocycles. The molecule has 0 radical (unpaired) electrons. The average molecular weight is 247 g/mol. The van der Waals surface area contributed by atoms with Crippen LogP contribution in [0.4, 0.5) is 10.5 Å². The van der Waals surface area contributed by atoms with Crippen molar-refractivity contribution in [2.45, 2.75) is 0 Å². The molecule has 0 heterocycles. The van der Waals surface area contributed by atoms with Crippen LogP contribution in [0.1, 0.15) is 0 Å². The molecular formula is C7H7BrN2OS. The van der Waals surface area contributed by atoms with E-state index in [0.29, 0.717) is 5.69 Å². The predicted molar refractivity (Wildman–Crippen MR) is 55.2 cm³/mol. The number of anilines is 1. The smallest absolute Gasteiger partial charge is 0.329 e. The van der Waals surface area contributed by atoms with Gasteiger partial charge in [-0.2, -0.15) is 0 Å². The van der Waals surface area contributed by atoms with Crippen LogP contribution in [-0.4, -0.2) is 6.03 Å². The number of halogens is 1. The summed E-state index contributed by atoms with van der Waals surface area (Å²) in [7, 11) is 0. The maximum absolute atomic E-state index is 10.7. The highest BCUT2D eigenvalue weighted by molar-refractivity contribution is 9.10. The third kappa shape index (κ3) is 2.15. The van der Waals surface area contributed by atoms with Gasteiger partial charge in [-0.25, -0.2) is 9.10 Å². The minimum Gasteiger partial charge on any atom is -0.350 e. The number of nitrogens with two attached hydrogens (primary N) is 1. The van der Waals surface area contributed by atoms with E-state index in [1.54, 1.807) is 18.2 Å². The Kier molecular flexibility index (Phi) is 2.99. The molecule has 12 heavy (non-hydrogen) atoms. The van der Waals surface area contributed by atoms with Crippen molar-refractivity contribution < 1.29 is 4.79 Å². The fourth-order valence-corrected chi connectivity index (χ4v) is 1.25. The molecule has 0 fully saturated rings. The second kappa shape index (κ2) is 3.82. The van der Waals surface area contributed by atoms with Gasteiger partial charge in [-0.1, -0.05) is 34.8 Å². The Labute approximate surface area is 84.2 Å². The maximum Gasteiger partial charge on any atom is 0.329 e. The van der Waals surface area contributed by atoms with Crippen molar-refractivity contribution in [1.29, 1.82) is 0 Å². The highest BCUT2D eigenvalue weighted by Crippen LogP contribution is 2.20. The third-order valence-electron chi connectivity index (χ3n) is 1.26. The summed E-state index contributed by atoms with van der Waals surface area (Å²) in [5, 5.41) is 0. The molecule has 0 saturated heterocycles. The van der Waals surface area contributed by atoms with Gasteiger partial charge in [0.2, 0.25) is 0 Å². The molecule has 0 aromatic heterocycles. The summed E-state index contributed by atoms with van der Waals surface area (Å²) in [6, 6.07) is 6.54. The molecule has 2 amide bonds. The SMILES string of the molecule is NC(=O)N(S)c1cccc(Br)c1. The number of hydrogen-bond donors (Lipinski definition) is 2. The number of primary amides is 1. The average Bonchev–Trinajstić information content (AvgIpc) is 2.03. The van der Waals surface area contributed by atoms with Gasteiger partial charge in [-0.3, -0.25) is 0 Å². The molecule has 0 unspecified atom stereocenters. The summed E-state index contributed by atoms with van der Waals surface area (Å²) in [4.78, 5) is 10.7. The lowest BCUT2D eigenvalue weighted by Crippen LogP contribution is -2.27. The number of nitrogens with zero attached hydrogens (tertiary/aromatic N) is 1. The third-order valence-corrected chi connectivity index (χ3v) is 2.18. The van der Waals surface area contributed by atoms with E-state index in [0.717, 1.165) is 8.78 Å². The molecule has 1 aromatic carbocycles. The predicted octanol–water partition coefficient (Wildman–Crippen LogP) is 2.18. The molecule has 1 aromatic rings. The number of amides is 2. The Balaban J connectivity index is 2.95. The van der Waals surface area contributed by atoms with E-state index in [-0.39, 0.29) is 0 Å². The van der Waals surface area contributed by atoms with E-state index in [4.69, 9.17) is 5.73 Å². The Hall–Kier alpha value is -0.680. The van der Waals surface area contributed by atoms with E-state index in [1.807, 2.05) is 6.07 Å². The Morgan fingerprint density at radius 3 is 2.75 bits per heavy atom. The van der Waals surface area contributed by atoms with Crippen LogP contribution in [0.2, 0.25) is 0 Å². The van der Waals surface area contributed by atoms with Crippen molar-refractivity contribution in [2.75, 3.05) is 4.31 Å². The van der Waals surface area contributed by atoms with Gasteiger partial charge in [-0.05, 0) is 18.2 Å². The molecule has 1 rings (SSSR count). The number of carbonyl (C=O) groups excluding carboxylic acids is 1. The van der Waals surface area contributed by atoms with Gasteiger partial charge in [0.1, 0.15) is 0 Å². The van der Waals surface area contributed by atoms with Crippen molar-refractivity contribution in [3.05, 3.63) is 28.7 Å². The van der Waals surface area contributed by atoms with Gasteiger partial charge in [0, 0.05) is 4.47 Å². The highest BCUT2D eigenvalue weighted by Gasteiger charge is 2.06. The van der Waals surface area contributed by atoms with Gasteiger partial charge in [0.05, 0.1) is 5.69 Å². The first-order valence-electron chi connectivity index (χ1n) is 3.15. The molecule has 0 bridgehead atoms. The van der Waals surface area contributed by atoms with Crippen LogP contribution >= 0.6 is 28.7 Å². The van der Waals surface area contributed by atoms with Crippen molar-refractivity contribution in [3.8, 4) is 0 Å². The van der Waals surface area contributed by atoms with Gasteiger partial charge in [0.15, 0.2) is 0 Å². The lowest BCUT2D eigenvalue weighted by molar-refractivity contribution is 0.257. The summed E-state index contributed by atoms with van der Waals surface area (Å²) < 4.78 is 1.95. The van der Waals surface area contributed by atoms with Gasteiger partial charge in [-0.15, -0.1) is 0 Å². The number of rotatable bonds is 1. The van der Waals surface area contributed by atoms with Crippen LogP contribution in [0.3, 0.4) is 0 Å². The second-order valence-electron chi connectivity index (χ2n) is 2.13. The number of hydrogen-bond acceptors (Lipinski definition) is 2. The largest absolute Gasteiger partial charge is 0.350 e. The molecule has 0 aliphatic heterocycles. The molecule has 2 N–H and O–H groups in total. The maximum atomic E-state index is 10.7. The molecule has 0 aliphatic rings. The first-order valence-corrected chi connectivity index (χ1v) is 4.34.